The first-order valence-corrected chi connectivity index (χ1v) is 50.3. The third-order valence-corrected chi connectivity index (χ3v) is 45.9. The van der Waals surface area contributed by atoms with Gasteiger partial charge in [-0.3, -0.25) is 0 Å². The molecule has 3 rings (SSSR count). The normalized spacial score (nSPS) is 33.0. The van der Waals surface area contributed by atoms with Crippen molar-refractivity contribution < 1.29 is 69.9 Å². The van der Waals surface area contributed by atoms with E-state index in [1.54, 1.807) is 35.4 Å². The highest BCUT2D eigenvalue weighted by molar-refractivity contribution is 6.75. The molecule has 0 amide bonds. The molecule has 3 heterocycles. The number of esters is 1. The van der Waals surface area contributed by atoms with Gasteiger partial charge in [-0.05, 0) is 144 Å². The van der Waals surface area contributed by atoms with E-state index in [2.05, 4.69) is 214 Å². The maximum absolute atomic E-state index is 15.1. The minimum Gasteiger partial charge on any atom is -0.456 e. The van der Waals surface area contributed by atoms with Crippen molar-refractivity contribution in [1.29, 1.82) is 0 Å². The van der Waals surface area contributed by atoms with Gasteiger partial charge in [0.2, 0.25) is 5.79 Å². The highest BCUT2D eigenvalue weighted by Crippen LogP contribution is 2.50. The minimum atomic E-state index is -2.53. The Morgan fingerprint density at radius 2 is 1.15 bits per heavy atom. The van der Waals surface area contributed by atoms with Gasteiger partial charge in [0.25, 0.3) is 0 Å². The number of methoxy groups -OCH3 is 4. The van der Waals surface area contributed by atoms with Gasteiger partial charge in [-0.2, -0.15) is 0 Å². The number of aliphatic hydroxyl groups is 1. The molecule has 3 aliphatic heterocycles. The van der Waals surface area contributed by atoms with Crippen molar-refractivity contribution in [1.82, 2.24) is 0 Å². The number of hydrogen-bond acceptors (Lipinski definition) is 15. The first-order chi connectivity index (χ1) is 43.3. The van der Waals surface area contributed by atoms with Gasteiger partial charge in [0.05, 0.1) is 49.3 Å². The SMILES string of the molecule is CC[Si](CC)(CC)O[C@@H](COC)C[C@H]1O[C@@](OC)([C@H](O)[C@@H]2C[C@H](OC)[C@@H](O[Si](C)(C)C(C)(C)C)CC/C=C(C)/C=C/[C@@H](O[C@@H]3O[C@@H](C)[C@H](OC)[C@@H](O[Si](C)(C)C(C)(C)C)[C@@H]3O[Si](C)(C)C(C)(C)C)[C@H](C)/C=C(C)/C=C(\C)C=C(C)C(=O)O2)[C@H](C)[C@@H](O[Si](C)(C)C(C)(C)C)[C@H]1C. The number of allylic oxidation sites excluding steroid dienone is 7. The molecule has 2 fully saturated rings. The molecule has 0 bridgehead atoms. The van der Waals surface area contributed by atoms with Gasteiger partial charge in [0.1, 0.15) is 30.5 Å². The number of ether oxygens (including phenoxy) is 8. The van der Waals surface area contributed by atoms with Crippen LogP contribution in [0, 0.1) is 17.8 Å². The first-order valence-electron chi connectivity index (χ1n) is 36.1. The quantitative estimate of drug-likeness (QED) is 0.0718. The van der Waals surface area contributed by atoms with E-state index in [-0.39, 0.29) is 50.6 Å². The van der Waals surface area contributed by atoms with E-state index in [1.165, 1.54) is 0 Å². The summed E-state index contributed by atoms with van der Waals surface area (Å²) >= 11 is 0. The molecule has 2 saturated heterocycles. The highest BCUT2D eigenvalue weighted by Gasteiger charge is 2.61. The van der Waals surface area contributed by atoms with Crippen LogP contribution >= 0.6 is 0 Å². The molecule has 554 valence electrons. The number of rotatable bonds is 24. The van der Waals surface area contributed by atoms with E-state index < -0.39 is 127 Å². The number of carbonyl (C=O) groups is 1. The van der Waals surface area contributed by atoms with Gasteiger partial charge in [0.15, 0.2) is 47.9 Å². The maximum atomic E-state index is 15.1. The summed E-state index contributed by atoms with van der Waals surface area (Å²) in [7, 11) is -5.31. The zero-order chi connectivity index (χ0) is 73.2. The molecule has 0 radical (unpaired) electrons. The number of carbonyl (C=O) groups excluding carboxylic acids is 1. The van der Waals surface area contributed by atoms with Crippen LogP contribution in [0.1, 0.15) is 185 Å². The molecule has 0 unspecified atom stereocenters. The molecule has 0 aliphatic carbocycles. The van der Waals surface area contributed by atoms with Gasteiger partial charge in [0, 0.05) is 64.6 Å². The summed E-state index contributed by atoms with van der Waals surface area (Å²) < 4.78 is 91.3. The fourth-order valence-corrected chi connectivity index (χ4v) is 20.8. The Kier molecular flexibility index (Phi) is 32.7. The molecular weight excluding hydrogens is 1280 g/mol. The van der Waals surface area contributed by atoms with E-state index in [1.807, 2.05) is 26.8 Å². The van der Waals surface area contributed by atoms with Crippen LogP contribution in [0.15, 0.2) is 58.7 Å². The second-order valence-electron chi connectivity index (χ2n) is 34.6. The Labute approximate surface area is 586 Å². The van der Waals surface area contributed by atoms with E-state index in [9.17, 15) is 5.11 Å². The molecule has 3 aliphatic rings. The zero-order valence-electron chi connectivity index (χ0n) is 67.0. The largest absolute Gasteiger partial charge is 0.456 e. The molecule has 0 spiro atoms. The number of hydrogen-bond donors (Lipinski definition) is 1. The molecule has 15 nitrogen and oxygen atoms in total. The Bertz CT molecular complexity index is 2540. The average Bonchev–Trinajstić information content (AvgIpc) is 0.747. The van der Waals surface area contributed by atoms with Gasteiger partial charge >= 0.3 is 5.97 Å². The second kappa shape index (κ2) is 35.3. The van der Waals surface area contributed by atoms with Crippen molar-refractivity contribution in [2.24, 2.45) is 17.8 Å². The van der Waals surface area contributed by atoms with Crippen LogP contribution in [0.2, 0.25) is 90.7 Å². The highest BCUT2D eigenvalue weighted by atomic mass is 28.4. The summed E-state index contributed by atoms with van der Waals surface area (Å²) in [5, 5.41) is 13.2. The molecule has 0 saturated carbocycles. The van der Waals surface area contributed by atoms with Gasteiger partial charge in [-0.1, -0.05) is 172 Å². The standard InChI is InChI=1S/C75H144O15Si5/c1-36-95(37-2,38-3)86-58(49-78-24)47-61-55(9)64(88-92(30,31)72(15,16)17)56(10)75(81-27,85-61)68(76)63-48-62(79-25)60(87-91(28,29)71(12,13)14)41-39-40-50(4)42-43-59(53(7)45-51(5)44-52(6)46-54(8)69(77)83-63)84-70-67(90-94(34,35)74(21,22)23)66(65(80-26)57(11)82-70)89-93(32,33)73(18,19)20/h40,42-46,53,55-68,70,76H,36-39,41,47-49H2,1-35H3/b43-42+,50-40+,51-45+,52-44+,54-46?/t53-,55+,56-,57+,58-,59-,60+,61-,62+,63+,64+,65+,66-,67+,68-,70+,75-/m1/s1. The molecular formula is C75H144O15Si5. The molecule has 1 N–H and O–H groups in total. The summed E-state index contributed by atoms with van der Waals surface area (Å²) in [4.78, 5) is 15.1. The lowest BCUT2D eigenvalue weighted by Gasteiger charge is -2.56. The van der Waals surface area contributed by atoms with Crippen LogP contribution in [0.4, 0.5) is 0 Å². The van der Waals surface area contributed by atoms with Crippen molar-refractivity contribution in [3.63, 3.8) is 0 Å². The molecule has 95 heavy (non-hydrogen) atoms. The Morgan fingerprint density at radius 3 is 1.62 bits per heavy atom. The maximum Gasteiger partial charge on any atom is 0.334 e. The van der Waals surface area contributed by atoms with Crippen molar-refractivity contribution >= 4 is 47.6 Å². The minimum absolute atomic E-state index is 0.0588. The predicted molar refractivity (Wildman–Crippen MR) is 404 cm³/mol. The van der Waals surface area contributed by atoms with Gasteiger partial charge in [-0.15, -0.1) is 0 Å². The van der Waals surface area contributed by atoms with Crippen LogP contribution in [0.3, 0.4) is 0 Å². The van der Waals surface area contributed by atoms with Gasteiger partial charge in [-0.25, -0.2) is 4.79 Å². The third kappa shape index (κ3) is 22.9. The van der Waals surface area contributed by atoms with Crippen molar-refractivity contribution in [2.75, 3.05) is 35.0 Å². The average molecular weight is 1430 g/mol. The third-order valence-electron chi connectivity index (χ3n) is 23.3. The van der Waals surface area contributed by atoms with Crippen LogP contribution in [0.5, 0.6) is 0 Å². The Morgan fingerprint density at radius 1 is 0.642 bits per heavy atom. The second-order valence-corrected chi connectivity index (χ2v) is 58.4. The predicted octanol–water partition coefficient (Wildman–Crippen LogP) is 18.6. The lowest BCUT2D eigenvalue weighted by molar-refractivity contribution is -0.369. The molecule has 0 aromatic rings. The Hall–Kier alpha value is -1.27. The summed E-state index contributed by atoms with van der Waals surface area (Å²) in [6, 6.07) is 2.92. The fourth-order valence-electron chi connectivity index (χ4n) is 12.6. The monoisotopic (exact) mass is 1420 g/mol. The number of aliphatic hydroxyl groups excluding tert-OH is 1. The van der Waals surface area contributed by atoms with E-state index in [0.29, 0.717) is 31.4 Å². The summed E-state index contributed by atoms with van der Waals surface area (Å²) in [6.45, 7) is 68.6. The fraction of sp³-hybridized carbons (Fsp3) is 0.853. The molecule has 0 aromatic heterocycles. The van der Waals surface area contributed by atoms with E-state index in [0.717, 1.165) is 34.9 Å². The molecule has 20 heteroatoms. The molecule has 17 atom stereocenters. The van der Waals surface area contributed by atoms with Crippen LogP contribution in [-0.2, 0) is 64.8 Å². The van der Waals surface area contributed by atoms with Crippen LogP contribution in [0.25, 0.3) is 0 Å². The lowest BCUT2D eigenvalue weighted by Crippen LogP contribution is -2.68. The summed E-state index contributed by atoms with van der Waals surface area (Å²) in [5.74, 6) is -3.21. The van der Waals surface area contributed by atoms with Crippen LogP contribution < -0.4 is 0 Å². The van der Waals surface area contributed by atoms with Crippen LogP contribution in [-0.4, -0.2) is 173 Å². The first kappa shape index (κ1) is 88.0. The smallest absolute Gasteiger partial charge is 0.334 e. The zero-order valence-corrected chi connectivity index (χ0v) is 72.0. The van der Waals surface area contributed by atoms with Crippen molar-refractivity contribution in [2.45, 2.75) is 361 Å². The number of cyclic esters (lactones) is 1. The van der Waals surface area contributed by atoms with E-state index >= 15 is 4.79 Å². The van der Waals surface area contributed by atoms with Gasteiger partial charge < -0.3 is 65.1 Å². The summed E-state index contributed by atoms with van der Waals surface area (Å²) in [5.41, 5.74) is 3.19. The van der Waals surface area contributed by atoms with Crippen molar-refractivity contribution in [3.05, 3.63) is 58.7 Å². The topological polar surface area (TPSA) is 157 Å². The molecule has 0 aromatic carbocycles. The lowest BCUT2D eigenvalue weighted by atomic mass is 9.76. The van der Waals surface area contributed by atoms with Crippen molar-refractivity contribution in [3.8, 4) is 0 Å². The Balaban J connectivity index is 2.42. The van der Waals surface area contributed by atoms with E-state index in [4.69, 9.17) is 60.0 Å². The summed E-state index contributed by atoms with van der Waals surface area (Å²) in [6.07, 6.45) is 6.13.